The standard InChI is InChI=1S/C7H15NO.C2H6.H2/c1-7(2,3)6(5-9)8-4;1-2;/h5-6,8H,1-4H3;1-2H3;1H/t6-;;/m1../s1. The first-order valence-electron chi connectivity index (χ1n) is 4.15. The molecular weight excluding hydrogens is 138 g/mol. The number of nitrogens with one attached hydrogen (secondary N) is 1. The van der Waals surface area contributed by atoms with Crippen molar-refractivity contribution < 1.29 is 6.22 Å². The Hall–Kier alpha value is -0.370. The molecule has 0 bridgehead atoms. The molecule has 0 aromatic carbocycles. The molecule has 0 spiro atoms. The molecule has 0 aliphatic rings. The van der Waals surface area contributed by atoms with Crippen LogP contribution >= 0.6 is 0 Å². The summed E-state index contributed by atoms with van der Waals surface area (Å²) in [5, 5.41) is 2.92. The summed E-state index contributed by atoms with van der Waals surface area (Å²) in [5.74, 6) is 0. The second-order valence-corrected chi connectivity index (χ2v) is 3.27. The van der Waals surface area contributed by atoms with E-state index in [1.165, 1.54) is 0 Å². The second kappa shape index (κ2) is 6.35. The Labute approximate surface area is 71.9 Å². The lowest BCUT2D eigenvalue weighted by molar-refractivity contribution is -0.111. The van der Waals surface area contributed by atoms with Crippen molar-refractivity contribution in [3.05, 3.63) is 0 Å². The van der Waals surface area contributed by atoms with E-state index in [-0.39, 0.29) is 12.9 Å². The fourth-order valence-electron chi connectivity index (χ4n) is 0.705. The van der Waals surface area contributed by atoms with E-state index in [1.807, 2.05) is 34.6 Å². The molecule has 2 heteroatoms. The molecule has 0 aromatic heterocycles. The van der Waals surface area contributed by atoms with Crippen molar-refractivity contribution >= 4 is 6.29 Å². The fraction of sp³-hybridized carbons (Fsp3) is 0.889. The minimum atomic E-state index is -0.0301. The molecule has 0 aliphatic heterocycles. The van der Waals surface area contributed by atoms with E-state index in [1.54, 1.807) is 7.05 Å². The monoisotopic (exact) mass is 161 g/mol. The third kappa shape index (κ3) is 6.05. The highest BCUT2D eigenvalue weighted by molar-refractivity contribution is 5.58. The van der Waals surface area contributed by atoms with Gasteiger partial charge in [0.05, 0.1) is 6.04 Å². The topological polar surface area (TPSA) is 29.1 Å². The second-order valence-electron chi connectivity index (χ2n) is 3.27. The van der Waals surface area contributed by atoms with Crippen LogP contribution in [0, 0.1) is 5.41 Å². The molecular formula is C9H23NO. The molecule has 0 unspecified atom stereocenters. The van der Waals surface area contributed by atoms with Gasteiger partial charge in [-0.05, 0) is 12.5 Å². The van der Waals surface area contributed by atoms with Crippen LogP contribution in [-0.4, -0.2) is 19.4 Å². The lowest BCUT2D eigenvalue weighted by Crippen LogP contribution is -2.39. The molecule has 70 valence electrons. The molecule has 0 rings (SSSR count). The summed E-state index contributed by atoms with van der Waals surface area (Å²) in [7, 11) is 1.80. The zero-order chi connectivity index (χ0) is 9.49. The van der Waals surface area contributed by atoms with Crippen LogP contribution in [0.3, 0.4) is 0 Å². The molecule has 0 aliphatic carbocycles. The highest BCUT2D eigenvalue weighted by atomic mass is 16.1. The first-order chi connectivity index (χ1) is 5.02. The number of rotatable bonds is 2. The van der Waals surface area contributed by atoms with Gasteiger partial charge in [-0.25, -0.2) is 0 Å². The minimum Gasteiger partial charge on any atom is -0.310 e. The van der Waals surface area contributed by atoms with Gasteiger partial charge >= 0.3 is 0 Å². The lowest BCUT2D eigenvalue weighted by Gasteiger charge is -2.24. The van der Waals surface area contributed by atoms with Crippen molar-refractivity contribution in [1.29, 1.82) is 0 Å². The highest BCUT2D eigenvalue weighted by Crippen LogP contribution is 2.16. The van der Waals surface area contributed by atoms with E-state index in [4.69, 9.17) is 0 Å². The van der Waals surface area contributed by atoms with Crippen LogP contribution in [0.25, 0.3) is 0 Å². The van der Waals surface area contributed by atoms with Crippen LogP contribution in [-0.2, 0) is 4.79 Å². The molecule has 11 heavy (non-hydrogen) atoms. The normalized spacial score (nSPS) is 12.9. The van der Waals surface area contributed by atoms with Crippen molar-refractivity contribution in [3.8, 4) is 0 Å². The van der Waals surface area contributed by atoms with Crippen LogP contribution in [0.4, 0.5) is 0 Å². The van der Waals surface area contributed by atoms with Gasteiger partial charge in [0.25, 0.3) is 0 Å². The van der Waals surface area contributed by atoms with Crippen LogP contribution in [0.2, 0.25) is 0 Å². The molecule has 1 atom stereocenters. The number of hydrogen-bond acceptors (Lipinski definition) is 2. The summed E-state index contributed by atoms with van der Waals surface area (Å²) >= 11 is 0. The first kappa shape index (κ1) is 13.2. The van der Waals surface area contributed by atoms with Gasteiger partial charge in [0.2, 0.25) is 0 Å². The number of hydrogen-bond donors (Lipinski definition) is 1. The maximum Gasteiger partial charge on any atom is 0.137 e. The summed E-state index contributed by atoms with van der Waals surface area (Å²) in [4.78, 5) is 10.3. The molecule has 0 amide bonds. The SMILES string of the molecule is CC.CN[C@H](C=O)C(C)(C)C.[HH]. The Morgan fingerprint density at radius 3 is 1.73 bits per heavy atom. The lowest BCUT2D eigenvalue weighted by atomic mass is 9.88. The molecule has 0 saturated carbocycles. The quantitative estimate of drug-likeness (QED) is 0.628. The molecule has 0 heterocycles. The largest absolute Gasteiger partial charge is 0.310 e. The molecule has 0 aromatic rings. The maximum atomic E-state index is 10.3. The maximum absolute atomic E-state index is 10.3. The predicted octanol–water partition coefficient (Wildman–Crippen LogP) is 2.09. The Morgan fingerprint density at radius 2 is 1.73 bits per heavy atom. The van der Waals surface area contributed by atoms with Gasteiger partial charge in [-0.3, -0.25) is 0 Å². The van der Waals surface area contributed by atoms with E-state index in [9.17, 15) is 4.79 Å². The van der Waals surface area contributed by atoms with E-state index in [0.717, 1.165) is 6.29 Å². The summed E-state index contributed by atoms with van der Waals surface area (Å²) in [6.45, 7) is 10.1. The Balaban J connectivity index is -0.000000249. The zero-order valence-corrected chi connectivity index (χ0v) is 8.56. The van der Waals surface area contributed by atoms with Crippen molar-refractivity contribution in [3.63, 3.8) is 0 Å². The molecule has 0 fully saturated rings. The summed E-state index contributed by atoms with van der Waals surface area (Å²) in [6, 6.07) is -0.0301. The number of likely N-dealkylation sites (N-methyl/N-ethyl adjacent to an activating group) is 1. The Kier molecular flexibility index (Phi) is 7.64. The number of carbonyl (C=O) groups is 1. The van der Waals surface area contributed by atoms with Gasteiger partial charge in [0, 0.05) is 1.43 Å². The van der Waals surface area contributed by atoms with E-state index in [2.05, 4.69) is 5.32 Å². The zero-order valence-electron chi connectivity index (χ0n) is 8.56. The van der Waals surface area contributed by atoms with Crippen LogP contribution in [0.15, 0.2) is 0 Å². The number of carbonyl (C=O) groups excluding carboxylic acids is 1. The third-order valence-electron chi connectivity index (χ3n) is 1.38. The third-order valence-corrected chi connectivity index (χ3v) is 1.38. The van der Waals surface area contributed by atoms with Crippen LogP contribution in [0.5, 0.6) is 0 Å². The van der Waals surface area contributed by atoms with Crippen LogP contribution in [0.1, 0.15) is 36.0 Å². The molecule has 0 saturated heterocycles. The minimum absolute atomic E-state index is 0. The Bertz CT molecular complexity index is 99.2. The van der Waals surface area contributed by atoms with Crippen molar-refractivity contribution in [1.82, 2.24) is 5.32 Å². The summed E-state index contributed by atoms with van der Waals surface area (Å²) < 4.78 is 0. The van der Waals surface area contributed by atoms with Gasteiger partial charge in [-0.2, -0.15) is 0 Å². The number of aldehydes is 1. The molecule has 1 N–H and O–H groups in total. The fourth-order valence-corrected chi connectivity index (χ4v) is 0.705. The van der Waals surface area contributed by atoms with Gasteiger partial charge in [-0.15, -0.1) is 0 Å². The average Bonchev–Trinajstić information content (AvgIpc) is 1.92. The van der Waals surface area contributed by atoms with Gasteiger partial charge in [-0.1, -0.05) is 34.6 Å². The van der Waals surface area contributed by atoms with Crippen LogP contribution < -0.4 is 5.32 Å². The summed E-state index contributed by atoms with van der Waals surface area (Å²) in [6.07, 6.45) is 0.944. The van der Waals surface area contributed by atoms with Crippen molar-refractivity contribution in [2.75, 3.05) is 7.05 Å². The van der Waals surface area contributed by atoms with E-state index >= 15 is 0 Å². The smallest absolute Gasteiger partial charge is 0.137 e. The molecule has 2 nitrogen and oxygen atoms in total. The van der Waals surface area contributed by atoms with Crippen molar-refractivity contribution in [2.45, 2.75) is 40.7 Å². The average molecular weight is 161 g/mol. The molecule has 0 radical (unpaired) electrons. The van der Waals surface area contributed by atoms with E-state index < -0.39 is 0 Å². The van der Waals surface area contributed by atoms with Crippen molar-refractivity contribution in [2.24, 2.45) is 5.41 Å². The van der Waals surface area contributed by atoms with Gasteiger partial charge < -0.3 is 10.1 Å². The predicted molar refractivity (Wildman–Crippen MR) is 51.8 cm³/mol. The van der Waals surface area contributed by atoms with Gasteiger partial charge in [0.15, 0.2) is 0 Å². The first-order valence-corrected chi connectivity index (χ1v) is 4.15. The van der Waals surface area contributed by atoms with E-state index in [0.29, 0.717) is 0 Å². The van der Waals surface area contributed by atoms with Gasteiger partial charge in [0.1, 0.15) is 6.29 Å². The summed E-state index contributed by atoms with van der Waals surface area (Å²) in [5.41, 5.74) is 0.0382. The Morgan fingerprint density at radius 1 is 1.36 bits per heavy atom. The highest BCUT2D eigenvalue weighted by Gasteiger charge is 2.21.